The van der Waals surface area contributed by atoms with Gasteiger partial charge in [-0.15, -0.1) is 0 Å². The summed E-state index contributed by atoms with van der Waals surface area (Å²) in [4.78, 5) is 51.4. The smallest absolute Gasteiger partial charge is 0.408 e. The van der Waals surface area contributed by atoms with E-state index in [0.717, 1.165) is 31.1 Å². The lowest BCUT2D eigenvalue weighted by molar-refractivity contribution is -0.141. The number of piperidine rings is 1. The van der Waals surface area contributed by atoms with E-state index in [4.69, 9.17) is 4.74 Å². The third-order valence-corrected chi connectivity index (χ3v) is 5.84. The SMILES string of the molecule is C=C1[C@H]2[C@@H]1CN1C(=O)[C@@H](NC(=O)OC(C)(C)C)CCCCC[C@@H](C=O)NC(=O)[C@H]21. The number of ether oxygens (including phenoxy) is 1. The number of hydrogen-bond donors (Lipinski definition) is 2. The second-order valence-corrected chi connectivity index (χ2v) is 9.23. The number of fused-ring (bicyclic) bond motifs is 3. The van der Waals surface area contributed by atoms with Crippen LogP contribution in [0.25, 0.3) is 0 Å². The highest BCUT2D eigenvalue weighted by Crippen LogP contribution is 2.54. The molecule has 2 N–H and O–H groups in total. The number of rotatable bonds is 2. The lowest BCUT2D eigenvalue weighted by atomic mass is 10.0. The zero-order chi connectivity index (χ0) is 21.3. The topological polar surface area (TPSA) is 105 Å². The van der Waals surface area contributed by atoms with Gasteiger partial charge in [0.25, 0.3) is 0 Å². The van der Waals surface area contributed by atoms with Crippen molar-refractivity contribution in [2.75, 3.05) is 6.54 Å². The molecule has 160 valence electrons. The summed E-state index contributed by atoms with van der Waals surface area (Å²) in [5.41, 5.74) is 0.304. The molecule has 0 aromatic rings. The van der Waals surface area contributed by atoms with Crippen LogP contribution >= 0.6 is 0 Å². The van der Waals surface area contributed by atoms with Crippen molar-refractivity contribution in [1.82, 2.24) is 15.5 Å². The predicted octanol–water partition coefficient (Wildman–Crippen LogP) is 1.54. The summed E-state index contributed by atoms with van der Waals surface area (Å²) < 4.78 is 5.32. The van der Waals surface area contributed by atoms with Gasteiger partial charge in [-0.2, -0.15) is 0 Å². The molecule has 5 atom stereocenters. The minimum absolute atomic E-state index is 0.0728. The Kier molecular flexibility index (Phi) is 6.00. The minimum Gasteiger partial charge on any atom is -0.444 e. The maximum Gasteiger partial charge on any atom is 0.408 e. The second kappa shape index (κ2) is 8.16. The van der Waals surface area contributed by atoms with Crippen LogP contribution in [0, 0.1) is 11.8 Å². The summed E-state index contributed by atoms with van der Waals surface area (Å²) in [7, 11) is 0. The lowest BCUT2D eigenvalue weighted by Gasteiger charge is -2.32. The van der Waals surface area contributed by atoms with Crippen LogP contribution in [0.5, 0.6) is 0 Å². The van der Waals surface area contributed by atoms with Gasteiger partial charge < -0.3 is 25.1 Å². The molecule has 1 saturated carbocycles. The molecule has 3 aliphatic rings. The van der Waals surface area contributed by atoms with Crippen LogP contribution in [-0.2, 0) is 19.1 Å². The van der Waals surface area contributed by atoms with Crippen LogP contribution in [-0.4, -0.2) is 59.4 Å². The van der Waals surface area contributed by atoms with E-state index in [2.05, 4.69) is 17.2 Å². The van der Waals surface area contributed by atoms with Crippen LogP contribution in [0.3, 0.4) is 0 Å². The molecule has 0 unspecified atom stereocenters. The first kappa shape index (κ1) is 21.3. The summed E-state index contributed by atoms with van der Waals surface area (Å²) >= 11 is 0. The molecule has 8 heteroatoms. The number of hydrogen-bond acceptors (Lipinski definition) is 5. The van der Waals surface area contributed by atoms with Gasteiger partial charge in [-0.25, -0.2) is 4.79 Å². The van der Waals surface area contributed by atoms with Crippen molar-refractivity contribution in [1.29, 1.82) is 0 Å². The molecule has 2 aliphatic heterocycles. The van der Waals surface area contributed by atoms with Gasteiger partial charge >= 0.3 is 6.09 Å². The van der Waals surface area contributed by atoms with Gasteiger partial charge in [-0.05, 0) is 33.6 Å². The Balaban J connectivity index is 1.79. The summed E-state index contributed by atoms with van der Waals surface area (Å²) in [6.45, 7) is 9.70. The molecular weight excluding hydrogens is 374 g/mol. The monoisotopic (exact) mass is 405 g/mol. The molecule has 3 amide bonds. The molecule has 3 rings (SSSR count). The van der Waals surface area contributed by atoms with Gasteiger partial charge in [-0.3, -0.25) is 9.59 Å². The average Bonchev–Trinajstić information content (AvgIpc) is 3.07. The molecule has 1 aliphatic carbocycles. The van der Waals surface area contributed by atoms with E-state index in [9.17, 15) is 19.2 Å². The number of amides is 3. The first-order chi connectivity index (χ1) is 13.6. The van der Waals surface area contributed by atoms with Crippen molar-refractivity contribution in [2.45, 2.75) is 76.6 Å². The van der Waals surface area contributed by atoms with Gasteiger partial charge in [0.1, 0.15) is 24.0 Å². The fourth-order valence-electron chi connectivity index (χ4n) is 4.35. The van der Waals surface area contributed by atoms with E-state index in [1.807, 2.05) is 0 Å². The molecule has 0 radical (unpaired) electrons. The highest BCUT2D eigenvalue weighted by Gasteiger charge is 2.60. The van der Waals surface area contributed by atoms with Crippen LogP contribution in [0.15, 0.2) is 12.2 Å². The molecule has 2 heterocycles. The molecule has 29 heavy (non-hydrogen) atoms. The molecule has 8 nitrogen and oxygen atoms in total. The minimum atomic E-state index is -0.743. The molecule has 0 aromatic heterocycles. The van der Waals surface area contributed by atoms with Gasteiger partial charge in [0.2, 0.25) is 11.8 Å². The van der Waals surface area contributed by atoms with E-state index in [1.54, 1.807) is 25.7 Å². The van der Waals surface area contributed by atoms with Crippen molar-refractivity contribution in [3.05, 3.63) is 12.2 Å². The van der Waals surface area contributed by atoms with Crippen LogP contribution in [0.2, 0.25) is 0 Å². The van der Waals surface area contributed by atoms with Gasteiger partial charge in [0.05, 0.1) is 6.04 Å². The Labute approximate surface area is 171 Å². The molecule has 0 aromatic carbocycles. The second-order valence-electron chi connectivity index (χ2n) is 9.23. The summed E-state index contributed by atoms with van der Waals surface area (Å²) in [6.07, 6.45) is 3.43. The predicted molar refractivity (Wildman–Crippen MR) is 106 cm³/mol. The van der Waals surface area contributed by atoms with Gasteiger partial charge in [-0.1, -0.05) is 31.4 Å². The molecule has 0 bridgehead atoms. The van der Waals surface area contributed by atoms with E-state index >= 15 is 0 Å². The number of carbonyl (C=O) groups is 4. The zero-order valence-corrected chi connectivity index (χ0v) is 17.4. The Bertz CT molecular complexity index is 714. The summed E-state index contributed by atoms with van der Waals surface area (Å²) in [5, 5.41) is 5.49. The molecule has 0 spiro atoms. The highest BCUT2D eigenvalue weighted by atomic mass is 16.6. The fourth-order valence-corrected chi connectivity index (χ4v) is 4.35. The van der Waals surface area contributed by atoms with E-state index in [-0.39, 0.29) is 23.7 Å². The maximum absolute atomic E-state index is 13.3. The Morgan fingerprint density at radius 3 is 2.59 bits per heavy atom. The third-order valence-electron chi connectivity index (χ3n) is 5.84. The average molecular weight is 405 g/mol. The summed E-state index contributed by atoms with van der Waals surface area (Å²) in [6, 6.07) is -1.96. The quantitative estimate of drug-likeness (QED) is 0.536. The number of carbonyl (C=O) groups excluding carboxylic acids is 4. The van der Waals surface area contributed by atoms with Crippen molar-refractivity contribution in [2.24, 2.45) is 11.8 Å². The Morgan fingerprint density at radius 1 is 1.24 bits per heavy atom. The van der Waals surface area contributed by atoms with Crippen LogP contribution < -0.4 is 10.6 Å². The first-order valence-corrected chi connectivity index (χ1v) is 10.4. The number of alkyl carbamates (subject to hydrolysis) is 1. The van der Waals surface area contributed by atoms with Gasteiger partial charge in [0, 0.05) is 18.4 Å². The van der Waals surface area contributed by atoms with E-state index in [0.29, 0.717) is 19.4 Å². The Morgan fingerprint density at radius 2 is 1.93 bits per heavy atom. The highest BCUT2D eigenvalue weighted by molar-refractivity contribution is 5.94. The zero-order valence-electron chi connectivity index (χ0n) is 17.4. The van der Waals surface area contributed by atoms with Crippen molar-refractivity contribution >= 4 is 24.2 Å². The van der Waals surface area contributed by atoms with Crippen molar-refractivity contribution in [3.8, 4) is 0 Å². The van der Waals surface area contributed by atoms with Crippen molar-refractivity contribution in [3.63, 3.8) is 0 Å². The largest absolute Gasteiger partial charge is 0.444 e. The normalized spacial score (nSPS) is 32.9. The third kappa shape index (κ3) is 4.79. The Hall–Kier alpha value is -2.38. The van der Waals surface area contributed by atoms with Crippen LogP contribution in [0.4, 0.5) is 4.79 Å². The van der Waals surface area contributed by atoms with Crippen LogP contribution in [0.1, 0.15) is 52.9 Å². The lowest BCUT2D eigenvalue weighted by Crippen LogP contribution is -2.56. The van der Waals surface area contributed by atoms with E-state index < -0.39 is 29.8 Å². The number of aldehydes is 1. The van der Waals surface area contributed by atoms with E-state index in [1.165, 1.54) is 0 Å². The van der Waals surface area contributed by atoms with Gasteiger partial charge in [0.15, 0.2) is 0 Å². The van der Waals surface area contributed by atoms with Crippen molar-refractivity contribution < 1.29 is 23.9 Å². The molecule has 3 fully saturated rings. The molecule has 2 saturated heterocycles. The fraction of sp³-hybridized carbons (Fsp3) is 0.714. The standard InChI is InChI=1S/C21H31N3O5/c1-12-14-10-24-17(16(12)14)18(26)22-13(11-25)8-6-5-7-9-15(19(24)27)23-20(28)29-21(2,3)4/h11,13-17H,1,5-10H2,2-4H3,(H,22,26)(H,23,28)/t13-,14+,15-,16-,17-/m0/s1. The number of nitrogens with one attached hydrogen (secondary N) is 2. The molecular formula is C21H31N3O5. The summed E-state index contributed by atoms with van der Waals surface area (Å²) in [5.74, 6) is -0.564. The first-order valence-electron chi connectivity index (χ1n) is 10.4. The number of nitrogens with zero attached hydrogens (tertiary/aromatic N) is 1. The maximum atomic E-state index is 13.3.